The summed E-state index contributed by atoms with van der Waals surface area (Å²) in [5.41, 5.74) is -0.948. The van der Waals surface area contributed by atoms with Crippen molar-refractivity contribution in [3.8, 4) is 0 Å². The first-order valence-electron chi connectivity index (χ1n) is 16.0. The molecule has 1 aliphatic heterocycles. The Bertz CT molecular complexity index is 740. The Morgan fingerprint density at radius 1 is 0.900 bits per heavy atom. The summed E-state index contributed by atoms with van der Waals surface area (Å²) in [6.07, 6.45) is 21.8. The Morgan fingerprint density at radius 2 is 1.50 bits per heavy atom. The molecule has 0 bridgehead atoms. The highest BCUT2D eigenvalue weighted by atomic mass is 16.3. The van der Waals surface area contributed by atoms with Gasteiger partial charge in [0.25, 0.3) is 0 Å². The van der Waals surface area contributed by atoms with Gasteiger partial charge in [-0.25, -0.2) is 0 Å². The minimum Gasteiger partial charge on any atom is -0.396 e. The van der Waals surface area contributed by atoms with E-state index in [0.717, 1.165) is 38.5 Å². The molecule has 0 radical (unpaired) electrons. The largest absolute Gasteiger partial charge is 0.396 e. The molecule has 8 heteroatoms. The summed E-state index contributed by atoms with van der Waals surface area (Å²) in [5, 5.41) is 25.0. The molecule has 40 heavy (non-hydrogen) atoms. The number of aliphatic hydroxyl groups excluding tert-OH is 2. The average Bonchev–Trinajstić information content (AvgIpc) is 3.42. The van der Waals surface area contributed by atoms with E-state index < -0.39 is 17.4 Å². The smallest absolute Gasteiger partial charge is 0.249 e. The molecule has 0 saturated carbocycles. The minimum atomic E-state index is -1.34. The molecule has 2 atom stereocenters. The van der Waals surface area contributed by atoms with Crippen LogP contribution in [0.4, 0.5) is 0 Å². The molecule has 0 aromatic heterocycles. The SMILES string of the molecule is CCCCCCCC/C=C\CCCCCCCC(=O)NCC1CCCN1C(=O)CCNC(=O)[C@@H](O)C(C)(C)CO. The Morgan fingerprint density at radius 3 is 2.12 bits per heavy atom. The van der Waals surface area contributed by atoms with Gasteiger partial charge in [-0.1, -0.05) is 84.3 Å². The van der Waals surface area contributed by atoms with Crippen LogP contribution in [0.25, 0.3) is 0 Å². The molecule has 1 aliphatic rings. The van der Waals surface area contributed by atoms with E-state index in [1.807, 2.05) is 0 Å². The van der Waals surface area contributed by atoms with Crippen LogP contribution in [0.3, 0.4) is 0 Å². The summed E-state index contributed by atoms with van der Waals surface area (Å²) >= 11 is 0. The van der Waals surface area contributed by atoms with Gasteiger partial charge >= 0.3 is 0 Å². The van der Waals surface area contributed by atoms with Crippen LogP contribution in [0.2, 0.25) is 0 Å². The molecule has 1 saturated heterocycles. The van der Waals surface area contributed by atoms with Crippen LogP contribution in [0.1, 0.15) is 130 Å². The predicted molar refractivity (Wildman–Crippen MR) is 162 cm³/mol. The standard InChI is InChI=1S/C32H59N3O5/c1-4-5-6-7-8-9-10-11-12-13-14-15-16-17-18-21-28(37)34-25-27-20-19-24-35(27)29(38)22-23-33-31(40)30(39)32(2,3)26-36/h11-12,27,30,36,39H,4-10,13-26H2,1-3H3,(H,33,40)(H,34,37)/b12-11-/t27?,30-/m1/s1. The van der Waals surface area contributed by atoms with Crippen molar-refractivity contribution in [1.82, 2.24) is 15.5 Å². The molecule has 4 N–H and O–H groups in total. The fourth-order valence-electron chi connectivity index (χ4n) is 5.03. The van der Waals surface area contributed by atoms with E-state index in [0.29, 0.717) is 19.5 Å². The van der Waals surface area contributed by atoms with Gasteiger partial charge in [-0.3, -0.25) is 14.4 Å². The number of carbonyl (C=O) groups is 3. The van der Waals surface area contributed by atoms with Crippen LogP contribution < -0.4 is 10.6 Å². The highest BCUT2D eigenvalue weighted by Gasteiger charge is 2.33. The van der Waals surface area contributed by atoms with E-state index in [1.54, 1.807) is 18.7 Å². The van der Waals surface area contributed by atoms with E-state index >= 15 is 0 Å². The zero-order chi connectivity index (χ0) is 29.6. The average molecular weight is 566 g/mol. The molecule has 0 aromatic carbocycles. The van der Waals surface area contributed by atoms with Crippen molar-refractivity contribution in [2.24, 2.45) is 5.41 Å². The molecule has 8 nitrogen and oxygen atoms in total. The van der Waals surface area contributed by atoms with Gasteiger partial charge in [0.2, 0.25) is 17.7 Å². The lowest BCUT2D eigenvalue weighted by molar-refractivity contribution is -0.137. The van der Waals surface area contributed by atoms with Crippen molar-refractivity contribution in [2.45, 2.75) is 142 Å². The van der Waals surface area contributed by atoms with Crippen LogP contribution in [0.15, 0.2) is 12.2 Å². The zero-order valence-electron chi connectivity index (χ0n) is 25.7. The van der Waals surface area contributed by atoms with Crippen LogP contribution in [-0.2, 0) is 14.4 Å². The summed E-state index contributed by atoms with van der Waals surface area (Å²) in [7, 11) is 0. The number of unbranched alkanes of at least 4 members (excludes halogenated alkanes) is 11. The number of aliphatic hydroxyl groups is 2. The first-order chi connectivity index (χ1) is 19.2. The molecule has 0 spiro atoms. The number of nitrogens with one attached hydrogen (secondary N) is 2. The van der Waals surface area contributed by atoms with Gasteiger partial charge in [0.05, 0.1) is 6.61 Å². The maximum absolute atomic E-state index is 12.7. The number of likely N-dealkylation sites (tertiary alicyclic amines) is 1. The summed E-state index contributed by atoms with van der Waals surface area (Å²) in [6.45, 7) is 6.38. The normalized spacial score (nSPS) is 16.4. The van der Waals surface area contributed by atoms with E-state index in [4.69, 9.17) is 0 Å². The lowest BCUT2D eigenvalue weighted by Gasteiger charge is -2.27. The van der Waals surface area contributed by atoms with Crippen molar-refractivity contribution >= 4 is 17.7 Å². The van der Waals surface area contributed by atoms with Crippen molar-refractivity contribution in [3.05, 3.63) is 12.2 Å². The molecule has 0 aliphatic carbocycles. The van der Waals surface area contributed by atoms with Crippen LogP contribution in [0.5, 0.6) is 0 Å². The van der Waals surface area contributed by atoms with Gasteiger partial charge in [0.1, 0.15) is 6.10 Å². The summed E-state index contributed by atoms with van der Waals surface area (Å²) in [6, 6.07) is -0.0137. The van der Waals surface area contributed by atoms with Crippen LogP contribution in [-0.4, -0.2) is 71.2 Å². The highest BCUT2D eigenvalue weighted by Crippen LogP contribution is 2.20. The topological polar surface area (TPSA) is 119 Å². The van der Waals surface area contributed by atoms with Gasteiger partial charge in [-0.05, 0) is 44.9 Å². The number of carbonyl (C=O) groups excluding carboxylic acids is 3. The van der Waals surface area contributed by atoms with Gasteiger partial charge in [0, 0.05) is 43.9 Å². The van der Waals surface area contributed by atoms with Crippen molar-refractivity contribution in [3.63, 3.8) is 0 Å². The number of hydrogen-bond acceptors (Lipinski definition) is 5. The predicted octanol–water partition coefficient (Wildman–Crippen LogP) is 5.02. The zero-order valence-corrected chi connectivity index (χ0v) is 25.7. The third kappa shape index (κ3) is 15.8. The lowest BCUT2D eigenvalue weighted by Crippen LogP contribution is -2.47. The molecular formula is C32H59N3O5. The third-order valence-electron chi connectivity index (χ3n) is 7.93. The number of hydrogen-bond donors (Lipinski definition) is 4. The van der Waals surface area contributed by atoms with E-state index in [-0.39, 0.29) is 37.4 Å². The van der Waals surface area contributed by atoms with Crippen LogP contribution >= 0.6 is 0 Å². The van der Waals surface area contributed by atoms with Crippen molar-refractivity contribution < 1.29 is 24.6 Å². The molecular weight excluding hydrogens is 506 g/mol. The van der Waals surface area contributed by atoms with E-state index in [1.165, 1.54) is 57.8 Å². The van der Waals surface area contributed by atoms with Gasteiger partial charge < -0.3 is 25.7 Å². The van der Waals surface area contributed by atoms with Crippen molar-refractivity contribution in [2.75, 3.05) is 26.2 Å². The molecule has 1 rings (SSSR count). The minimum absolute atomic E-state index is 0.0137. The molecule has 3 amide bonds. The van der Waals surface area contributed by atoms with E-state index in [2.05, 4.69) is 29.7 Å². The number of amides is 3. The molecule has 1 heterocycles. The third-order valence-corrected chi connectivity index (χ3v) is 7.93. The van der Waals surface area contributed by atoms with Gasteiger partial charge in [-0.2, -0.15) is 0 Å². The molecule has 1 unspecified atom stereocenters. The van der Waals surface area contributed by atoms with E-state index in [9.17, 15) is 24.6 Å². The Balaban J connectivity index is 2.09. The Hall–Kier alpha value is -1.93. The highest BCUT2D eigenvalue weighted by molar-refractivity contribution is 5.82. The summed E-state index contributed by atoms with van der Waals surface area (Å²) < 4.78 is 0. The number of allylic oxidation sites excluding steroid dienone is 2. The first kappa shape index (κ1) is 36.1. The fourth-order valence-corrected chi connectivity index (χ4v) is 5.03. The molecule has 0 aromatic rings. The molecule has 232 valence electrons. The van der Waals surface area contributed by atoms with Crippen LogP contribution in [0, 0.1) is 5.41 Å². The monoisotopic (exact) mass is 565 g/mol. The Kier molecular flexibility index (Phi) is 19.6. The quantitative estimate of drug-likeness (QED) is 0.103. The Labute approximate surface area is 243 Å². The fraction of sp³-hybridized carbons (Fsp3) is 0.844. The second-order valence-corrected chi connectivity index (χ2v) is 12.1. The maximum atomic E-state index is 12.7. The lowest BCUT2D eigenvalue weighted by atomic mass is 9.87. The molecule has 1 fully saturated rings. The summed E-state index contributed by atoms with van der Waals surface area (Å²) in [4.78, 5) is 38.9. The number of rotatable bonds is 23. The second kappa shape index (κ2) is 21.8. The maximum Gasteiger partial charge on any atom is 0.249 e. The van der Waals surface area contributed by atoms with Gasteiger partial charge in [0.15, 0.2) is 0 Å². The first-order valence-corrected chi connectivity index (χ1v) is 16.0. The van der Waals surface area contributed by atoms with Gasteiger partial charge in [-0.15, -0.1) is 0 Å². The van der Waals surface area contributed by atoms with Crippen molar-refractivity contribution in [1.29, 1.82) is 0 Å². The number of nitrogens with zero attached hydrogens (tertiary/aromatic N) is 1. The summed E-state index contributed by atoms with van der Waals surface area (Å²) in [5.74, 6) is -0.609. The second-order valence-electron chi connectivity index (χ2n) is 12.1.